The highest BCUT2D eigenvalue weighted by atomic mass is 35.5. The number of nitro groups is 1. The molecule has 1 fully saturated rings. The van der Waals surface area contributed by atoms with Crippen LogP contribution in [0.2, 0.25) is 10.0 Å². The number of anilines is 1. The van der Waals surface area contributed by atoms with Gasteiger partial charge in [0.25, 0.3) is 11.6 Å². The number of thiocarbonyl (C=S) groups is 1. The quantitative estimate of drug-likeness (QED) is 0.429. The molecule has 0 aliphatic carbocycles. The highest BCUT2D eigenvalue weighted by molar-refractivity contribution is 7.80. The normalized spacial score (nSPS) is 13.9. The van der Waals surface area contributed by atoms with Crippen LogP contribution in [0, 0.1) is 17.0 Å². The highest BCUT2D eigenvalue weighted by Gasteiger charge is 2.27. The Balaban J connectivity index is 1.65. The molecule has 1 aliphatic rings. The monoisotopic (exact) mass is 452 g/mol. The minimum absolute atomic E-state index is 0.0316. The van der Waals surface area contributed by atoms with Crippen molar-refractivity contribution in [1.29, 1.82) is 0 Å². The van der Waals surface area contributed by atoms with E-state index in [2.05, 4.69) is 5.32 Å². The van der Waals surface area contributed by atoms with E-state index in [-0.39, 0.29) is 11.6 Å². The summed E-state index contributed by atoms with van der Waals surface area (Å²) in [5, 5.41) is 15.0. The van der Waals surface area contributed by atoms with Crippen LogP contribution in [-0.4, -0.2) is 47.0 Å². The van der Waals surface area contributed by atoms with Gasteiger partial charge in [0.05, 0.1) is 20.5 Å². The fraction of sp³-hybridized carbons (Fsp3) is 0.263. The molecule has 3 rings (SSSR count). The lowest BCUT2D eigenvalue weighted by molar-refractivity contribution is -0.384. The number of piperazine rings is 1. The molecule has 0 atom stereocenters. The van der Waals surface area contributed by atoms with Crippen LogP contribution in [0.3, 0.4) is 0 Å². The molecule has 7 nitrogen and oxygen atoms in total. The van der Waals surface area contributed by atoms with Gasteiger partial charge in [0, 0.05) is 32.2 Å². The van der Waals surface area contributed by atoms with E-state index in [1.54, 1.807) is 30.3 Å². The number of para-hydroxylation sites is 1. The van der Waals surface area contributed by atoms with E-state index < -0.39 is 4.92 Å². The number of nitro benzene ring substituents is 1. The van der Waals surface area contributed by atoms with Crippen LogP contribution in [0.1, 0.15) is 15.9 Å². The van der Waals surface area contributed by atoms with Crippen molar-refractivity contribution in [1.82, 2.24) is 10.2 Å². The molecule has 2 aromatic carbocycles. The molecule has 1 heterocycles. The molecule has 1 aliphatic heterocycles. The molecule has 0 spiro atoms. The molecule has 1 amide bonds. The zero-order chi connectivity index (χ0) is 21.1. The average Bonchev–Trinajstić information content (AvgIpc) is 2.67. The van der Waals surface area contributed by atoms with Crippen molar-refractivity contribution in [3.05, 3.63) is 67.7 Å². The molecule has 152 valence electrons. The van der Waals surface area contributed by atoms with Gasteiger partial charge in [-0.25, -0.2) is 0 Å². The standard InChI is InChI=1S/C19H18Cl2N4O3S/c1-12-5-6-13(15(21)11-12)18(26)22-19(29)24-9-7-23(8-10-24)17-14(20)3-2-4-16(17)25(27)28/h2-6,11H,7-10H2,1H3,(H,22,26,29). The van der Waals surface area contributed by atoms with Gasteiger partial charge < -0.3 is 9.80 Å². The number of carbonyl (C=O) groups is 1. The van der Waals surface area contributed by atoms with E-state index in [1.807, 2.05) is 16.7 Å². The van der Waals surface area contributed by atoms with Crippen LogP contribution < -0.4 is 10.2 Å². The van der Waals surface area contributed by atoms with Crippen LogP contribution in [0.4, 0.5) is 11.4 Å². The first-order chi connectivity index (χ1) is 13.8. The third-order valence-corrected chi connectivity index (χ3v) is 5.61. The molecule has 29 heavy (non-hydrogen) atoms. The number of amides is 1. The van der Waals surface area contributed by atoms with Gasteiger partial charge in [-0.3, -0.25) is 20.2 Å². The molecule has 0 aromatic heterocycles. The summed E-state index contributed by atoms with van der Waals surface area (Å²) in [6.45, 7) is 3.82. The van der Waals surface area contributed by atoms with Gasteiger partial charge in [0.15, 0.2) is 5.11 Å². The number of aryl methyl sites for hydroxylation is 1. The van der Waals surface area contributed by atoms with E-state index in [0.717, 1.165) is 5.56 Å². The maximum atomic E-state index is 12.5. The maximum absolute atomic E-state index is 12.5. The topological polar surface area (TPSA) is 78.7 Å². The van der Waals surface area contributed by atoms with Crippen LogP contribution in [0.25, 0.3) is 0 Å². The molecule has 0 saturated carbocycles. The first-order valence-electron chi connectivity index (χ1n) is 8.82. The molecular formula is C19H18Cl2N4O3S. The number of halogens is 2. The zero-order valence-corrected chi connectivity index (χ0v) is 17.9. The molecule has 2 aromatic rings. The van der Waals surface area contributed by atoms with E-state index in [9.17, 15) is 14.9 Å². The van der Waals surface area contributed by atoms with E-state index >= 15 is 0 Å². The summed E-state index contributed by atoms with van der Waals surface area (Å²) < 4.78 is 0. The van der Waals surface area contributed by atoms with Gasteiger partial charge in [0.2, 0.25) is 0 Å². The number of nitrogens with zero attached hydrogens (tertiary/aromatic N) is 3. The first-order valence-corrected chi connectivity index (χ1v) is 9.98. The summed E-state index contributed by atoms with van der Waals surface area (Å²) in [6.07, 6.45) is 0. The second kappa shape index (κ2) is 8.94. The van der Waals surface area contributed by atoms with Crippen LogP contribution in [-0.2, 0) is 0 Å². The summed E-state index contributed by atoms with van der Waals surface area (Å²) in [7, 11) is 0. The van der Waals surface area contributed by atoms with Crippen molar-refractivity contribution in [2.75, 3.05) is 31.1 Å². The maximum Gasteiger partial charge on any atom is 0.294 e. The van der Waals surface area contributed by atoms with Crippen LogP contribution >= 0.6 is 35.4 Å². The van der Waals surface area contributed by atoms with Gasteiger partial charge in [-0.1, -0.05) is 35.3 Å². The summed E-state index contributed by atoms with van der Waals surface area (Å²) in [5.41, 5.74) is 1.68. The first kappa shape index (κ1) is 21.3. The number of nitrogens with one attached hydrogen (secondary N) is 1. The Kier molecular flexibility index (Phi) is 6.56. The molecule has 0 bridgehead atoms. The number of benzene rings is 2. The largest absolute Gasteiger partial charge is 0.361 e. The van der Waals surface area contributed by atoms with Gasteiger partial charge in [-0.2, -0.15) is 0 Å². The summed E-state index contributed by atoms with van der Waals surface area (Å²) in [6, 6.07) is 9.80. The minimum Gasteiger partial charge on any atom is -0.361 e. The second-order valence-corrected chi connectivity index (χ2v) is 7.78. The predicted octanol–water partition coefficient (Wildman–Crippen LogP) is 4.05. The second-order valence-electron chi connectivity index (χ2n) is 6.58. The smallest absolute Gasteiger partial charge is 0.294 e. The third kappa shape index (κ3) is 4.77. The van der Waals surface area contributed by atoms with Crippen molar-refractivity contribution >= 4 is 57.8 Å². The fourth-order valence-electron chi connectivity index (χ4n) is 3.15. The molecular weight excluding hydrogens is 435 g/mol. The minimum atomic E-state index is -0.441. The van der Waals surface area contributed by atoms with Crippen molar-refractivity contribution in [3.8, 4) is 0 Å². The Morgan fingerprint density at radius 1 is 1.14 bits per heavy atom. The van der Waals surface area contributed by atoms with Crippen molar-refractivity contribution in [2.45, 2.75) is 6.92 Å². The number of hydrogen-bond donors (Lipinski definition) is 1. The predicted molar refractivity (Wildman–Crippen MR) is 118 cm³/mol. The average molecular weight is 453 g/mol. The summed E-state index contributed by atoms with van der Waals surface area (Å²) >= 11 is 17.7. The van der Waals surface area contributed by atoms with Crippen LogP contribution in [0.15, 0.2) is 36.4 Å². The van der Waals surface area contributed by atoms with E-state index in [4.69, 9.17) is 35.4 Å². The van der Waals surface area contributed by atoms with Crippen molar-refractivity contribution < 1.29 is 9.72 Å². The molecule has 10 heteroatoms. The van der Waals surface area contributed by atoms with Crippen molar-refractivity contribution in [2.24, 2.45) is 0 Å². The lowest BCUT2D eigenvalue weighted by atomic mass is 10.1. The molecule has 1 saturated heterocycles. The Bertz CT molecular complexity index is 978. The van der Waals surface area contributed by atoms with Crippen LogP contribution in [0.5, 0.6) is 0 Å². The molecule has 1 N–H and O–H groups in total. The Hall–Kier alpha value is -2.42. The SMILES string of the molecule is Cc1ccc(C(=O)NC(=S)N2CCN(c3c(Cl)cccc3[N+](=O)[O-])CC2)c(Cl)c1. The van der Waals surface area contributed by atoms with E-state index in [0.29, 0.717) is 52.6 Å². The molecule has 0 radical (unpaired) electrons. The summed E-state index contributed by atoms with van der Waals surface area (Å²) in [4.78, 5) is 27.1. The third-order valence-electron chi connectivity index (χ3n) is 4.63. The fourth-order valence-corrected chi connectivity index (χ4v) is 4.03. The number of carbonyl (C=O) groups excluding carboxylic acids is 1. The van der Waals surface area contributed by atoms with Crippen molar-refractivity contribution in [3.63, 3.8) is 0 Å². The number of rotatable bonds is 3. The number of hydrogen-bond acceptors (Lipinski definition) is 5. The zero-order valence-electron chi connectivity index (χ0n) is 15.5. The van der Waals surface area contributed by atoms with E-state index in [1.165, 1.54) is 6.07 Å². The summed E-state index contributed by atoms with van der Waals surface area (Å²) in [5.74, 6) is -0.371. The Morgan fingerprint density at radius 3 is 2.45 bits per heavy atom. The van der Waals surface area contributed by atoms with Gasteiger partial charge >= 0.3 is 0 Å². The Morgan fingerprint density at radius 2 is 1.83 bits per heavy atom. The lowest BCUT2D eigenvalue weighted by Crippen LogP contribution is -2.52. The lowest BCUT2D eigenvalue weighted by Gasteiger charge is -2.37. The van der Waals surface area contributed by atoms with Gasteiger partial charge in [0.1, 0.15) is 5.69 Å². The van der Waals surface area contributed by atoms with Gasteiger partial charge in [-0.15, -0.1) is 0 Å². The van der Waals surface area contributed by atoms with Gasteiger partial charge in [-0.05, 0) is 42.9 Å². The highest BCUT2D eigenvalue weighted by Crippen LogP contribution is 2.35. The Labute approximate surface area is 183 Å². The molecule has 0 unspecified atom stereocenters.